The molecule has 0 saturated heterocycles. The molecular formula is C12H15FN2O2. The number of aromatic nitrogens is 1. The Morgan fingerprint density at radius 3 is 2.88 bits per heavy atom. The molecule has 1 unspecified atom stereocenters. The normalized spacial score (nSPS) is 12.4. The zero-order valence-electron chi connectivity index (χ0n) is 9.64. The van der Waals surface area contributed by atoms with Crippen molar-refractivity contribution in [2.45, 2.75) is 13.0 Å². The summed E-state index contributed by atoms with van der Waals surface area (Å²) >= 11 is 0. The lowest BCUT2D eigenvalue weighted by Crippen LogP contribution is -2.32. The highest BCUT2D eigenvalue weighted by Gasteiger charge is 2.18. The molecule has 1 atom stereocenters. The summed E-state index contributed by atoms with van der Waals surface area (Å²) in [6.07, 6.45) is 2.75. The molecule has 0 fully saturated rings. The van der Waals surface area contributed by atoms with Crippen molar-refractivity contribution in [3.8, 4) is 0 Å². The predicted octanol–water partition coefficient (Wildman–Crippen LogP) is 1.85. The van der Waals surface area contributed by atoms with E-state index in [0.717, 1.165) is 6.20 Å². The van der Waals surface area contributed by atoms with Crippen LogP contribution in [0.2, 0.25) is 0 Å². The first kappa shape index (κ1) is 13.3. The Hall–Kier alpha value is -1.75. The van der Waals surface area contributed by atoms with E-state index in [2.05, 4.69) is 11.6 Å². The smallest absolute Gasteiger partial charge is 0.317 e. The van der Waals surface area contributed by atoms with Gasteiger partial charge in [0.1, 0.15) is 5.82 Å². The summed E-state index contributed by atoms with van der Waals surface area (Å²) in [5.41, 5.74) is 0.634. The van der Waals surface area contributed by atoms with Crippen molar-refractivity contribution in [2.24, 2.45) is 0 Å². The van der Waals surface area contributed by atoms with Crippen LogP contribution in [-0.4, -0.2) is 34.0 Å². The van der Waals surface area contributed by atoms with Gasteiger partial charge in [0.05, 0.1) is 24.5 Å². The van der Waals surface area contributed by atoms with Gasteiger partial charge in [-0.3, -0.25) is 14.7 Å². The van der Waals surface area contributed by atoms with Crippen LogP contribution in [0.4, 0.5) is 4.39 Å². The second kappa shape index (κ2) is 6.10. The maximum absolute atomic E-state index is 12.7. The molecule has 0 aromatic carbocycles. The average Bonchev–Trinajstić information content (AvgIpc) is 2.28. The molecule has 4 nitrogen and oxygen atoms in total. The molecule has 0 bridgehead atoms. The largest absolute Gasteiger partial charge is 0.480 e. The van der Waals surface area contributed by atoms with E-state index in [-0.39, 0.29) is 12.6 Å². The number of aliphatic carboxylic acids is 1. The standard InChI is InChI=1S/C12H15FN2O2/c1-3-6-15(8-12(16)17)9(2)11-5-4-10(13)7-14-11/h3-5,7,9H,1,6,8H2,2H3,(H,16,17). The molecule has 1 N–H and O–H groups in total. The lowest BCUT2D eigenvalue weighted by molar-refractivity contribution is -0.138. The fourth-order valence-corrected chi connectivity index (χ4v) is 1.52. The number of rotatable bonds is 6. The first-order chi connectivity index (χ1) is 8.04. The molecule has 0 radical (unpaired) electrons. The monoisotopic (exact) mass is 238 g/mol. The minimum Gasteiger partial charge on any atom is -0.480 e. The molecule has 0 aliphatic carbocycles. The van der Waals surface area contributed by atoms with Crippen molar-refractivity contribution < 1.29 is 14.3 Å². The first-order valence-electron chi connectivity index (χ1n) is 5.22. The van der Waals surface area contributed by atoms with Crippen LogP contribution in [0.15, 0.2) is 31.0 Å². The average molecular weight is 238 g/mol. The van der Waals surface area contributed by atoms with Crippen molar-refractivity contribution in [3.63, 3.8) is 0 Å². The minimum atomic E-state index is -0.916. The van der Waals surface area contributed by atoms with Gasteiger partial charge < -0.3 is 5.11 Å². The van der Waals surface area contributed by atoms with Gasteiger partial charge in [-0.1, -0.05) is 6.08 Å². The van der Waals surface area contributed by atoms with Gasteiger partial charge in [-0.25, -0.2) is 4.39 Å². The van der Waals surface area contributed by atoms with Gasteiger partial charge in [-0.05, 0) is 19.1 Å². The first-order valence-corrected chi connectivity index (χ1v) is 5.22. The van der Waals surface area contributed by atoms with E-state index in [9.17, 15) is 9.18 Å². The predicted molar refractivity (Wildman–Crippen MR) is 62.0 cm³/mol. The molecule has 1 aromatic rings. The lowest BCUT2D eigenvalue weighted by Gasteiger charge is -2.25. The molecule has 1 heterocycles. The van der Waals surface area contributed by atoms with Crippen molar-refractivity contribution in [1.29, 1.82) is 0 Å². The highest BCUT2D eigenvalue weighted by atomic mass is 19.1. The van der Waals surface area contributed by atoms with Crippen LogP contribution in [0.3, 0.4) is 0 Å². The van der Waals surface area contributed by atoms with Crippen LogP contribution in [0, 0.1) is 5.82 Å². The van der Waals surface area contributed by atoms with Crippen molar-refractivity contribution in [1.82, 2.24) is 9.88 Å². The van der Waals surface area contributed by atoms with Crippen LogP contribution in [0.5, 0.6) is 0 Å². The van der Waals surface area contributed by atoms with Gasteiger partial charge in [0.25, 0.3) is 0 Å². The molecule has 92 valence electrons. The molecule has 5 heteroatoms. The molecule has 0 amide bonds. The molecule has 0 aliphatic heterocycles. The van der Waals surface area contributed by atoms with Gasteiger partial charge in [-0.15, -0.1) is 6.58 Å². The van der Waals surface area contributed by atoms with Crippen LogP contribution in [0.1, 0.15) is 18.7 Å². The van der Waals surface area contributed by atoms with Crippen molar-refractivity contribution in [3.05, 3.63) is 42.5 Å². The van der Waals surface area contributed by atoms with E-state index < -0.39 is 11.8 Å². The summed E-state index contributed by atoms with van der Waals surface area (Å²) in [4.78, 5) is 16.4. The highest BCUT2D eigenvalue weighted by Crippen LogP contribution is 2.17. The van der Waals surface area contributed by atoms with Crippen LogP contribution < -0.4 is 0 Å². The fraction of sp³-hybridized carbons (Fsp3) is 0.333. The minimum absolute atomic E-state index is 0.105. The number of carboxylic acids is 1. The molecule has 0 saturated carbocycles. The molecular weight excluding hydrogens is 223 g/mol. The number of hydrogen-bond acceptors (Lipinski definition) is 3. The quantitative estimate of drug-likeness (QED) is 0.768. The number of carbonyl (C=O) groups is 1. The molecule has 17 heavy (non-hydrogen) atoms. The maximum Gasteiger partial charge on any atom is 0.317 e. The van der Waals surface area contributed by atoms with Gasteiger partial charge in [0.2, 0.25) is 0 Å². The number of carboxylic acid groups (broad SMARTS) is 1. The third kappa shape index (κ3) is 3.96. The van der Waals surface area contributed by atoms with Crippen LogP contribution >= 0.6 is 0 Å². The van der Waals surface area contributed by atoms with Crippen molar-refractivity contribution in [2.75, 3.05) is 13.1 Å². The third-order valence-electron chi connectivity index (χ3n) is 2.43. The summed E-state index contributed by atoms with van der Waals surface area (Å²) in [5.74, 6) is -1.32. The van der Waals surface area contributed by atoms with Crippen LogP contribution in [-0.2, 0) is 4.79 Å². The summed E-state index contributed by atoms with van der Waals surface area (Å²) in [6, 6.07) is 2.66. The third-order valence-corrected chi connectivity index (χ3v) is 2.43. The van der Waals surface area contributed by atoms with E-state index in [0.29, 0.717) is 12.2 Å². The van der Waals surface area contributed by atoms with Crippen molar-refractivity contribution >= 4 is 5.97 Å². The fourth-order valence-electron chi connectivity index (χ4n) is 1.52. The summed E-state index contributed by atoms with van der Waals surface area (Å²) < 4.78 is 12.7. The molecule has 1 aromatic heterocycles. The van der Waals surface area contributed by atoms with E-state index in [1.807, 2.05) is 6.92 Å². The molecule has 0 spiro atoms. The number of halogens is 1. The number of nitrogens with zero attached hydrogens (tertiary/aromatic N) is 2. The van der Waals surface area contributed by atoms with E-state index in [1.165, 1.54) is 6.07 Å². The Labute approximate surface area is 99.4 Å². The SMILES string of the molecule is C=CCN(CC(=O)O)C(C)c1ccc(F)cn1. The second-order valence-electron chi connectivity index (χ2n) is 3.69. The van der Waals surface area contributed by atoms with E-state index in [1.54, 1.807) is 17.0 Å². The van der Waals surface area contributed by atoms with Gasteiger partial charge in [0.15, 0.2) is 0 Å². The summed E-state index contributed by atoms with van der Waals surface area (Å²) in [5, 5.41) is 8.79. The Balaban J connectivity index is 2.82. The highest BCUT2D eigenvalue weighted by molar-refractivity contribution is 5.69. The van der Waals surface area contributed by atoms with Gasteiger partial charge in [0, 0.05) is 6.54 Å². The maximum atomic E-state index is 12.7. The second-order valence-corrected chi connectivity index (χ2v) is 3.69. The Morgan fingerprint density at radius 2 is 2.41 bits per heavy atom. The zero-order chi connectivity index (χ0) is 12.8. The topological polar surface area (TPSA) is 53.4 Å². The number of hydrogen-bond donors (Lipinski definition) is 1. The van der Waals surface area contributed by atoms with E-state index >= 15 is 0 Å². The van der Waals surface area contributed by atoms with Gasteiger partial charge >= 0.3 is 5.97 Å². The number of pyridine rings is 1. The zero-order valence-corrected chi connectivity index (χ0v) is 9.64. The van der Waals surface area contributed by atoms with Gasteiger partial charge in [-0.2, -0.15) is 0 Å². The Morgan fingerprint density at radius 1 is 1.71 bits per heavy atom. The van der Waals surface area contributed by atoms with Crippen LogP contribution in [0.25, 0.3) is 0 Å². The lowest BCUT2D eigenvalue weighted by atomic mass is 10.2. The summed E-state index contributed by atoms with van der Waals surface area (Å²) in [7, 11) is 0. The Bertz CT molecular complexity index is 392. The molecule has 0 aliphatic rings. The Kier molecular flexibility index (Phi) is 4.78. The summed E-state index contributed by atoms with van der Waals surface area (Å²) in [6.45, 7) is 5.74. The van der Waals surface area contributed by atoms with E-state index in [4.69, 9.17) is 5.11 Å². The molecule has 1 rings (SSSR count).